The number of nitro benzene ring substituents is 1. The Balaban J connectivity index is 2.21. The van der Waals surface area contributed by atoms with E-state index in [0.717, 1.165) is 12.1 Å². The zero-order valence-corrected chi connectivity index (χ0v) is 16.0. The fourth-order valence-electron chi connectivity index (χ4n) is 2.20. The molecule has 14 heteroatoms. The number of benzene rings is 2. The molecule has 0 aliphatic carbocycles. The standard InChI is InChI=1S/C16H10F6N2O4S2/c17-15(18,19)9-5-6-13(11(7-9)24(26)27)30(28)8-14(25)23-10-3-1-2-4-12(10)29-16(20,21)22/h1-7H,8H2,(H,23,25)/t30-/m1/s1. The lowest BCUT2D eigenvalue weighted by atomic mass is 10.2. The number of hydrogen-bond acceptors (Lipinski definition) is 5. The number of amides is 1. The first kappa shape index (κ1) is 23.7. The minimum Gasteiger partial charge on any atom is -0.324 e. The normalized spacial score (nSPS) is 13.0. The quantitative estimate of drug-likeness (QED) is 0.278. The van der Waals surface area contributed by atoms with Crippen LogP contribution in [0, 0.1) is 10.1 Å². The Kier molecular flexibility index (Phi) is 7.13. The van der Waals surface area contributed by atoms with E-state index in [-0.39, 0.29) is 16.6 Å². The van der Waals surface area contributed by atoms with Crippen LogP contribution < -0.4 is 5.32 Å². The molecule has 0 saturated carbocycles. The number of carbonyl (C=O) groups is 1. The van der Waals surface area contributed by atoms with Gasteiger partial charge in [0, 0.05) is 11.0 Å². The van der Waals surface area contributed by atoms with Crippen molar-refractivity contribution in [1.82, 2.24) is 0 Å². The molecule has 6 nitrogen and oxygen atoms in total. The molecule has 2 aromatic rings. The monoisotopic (exact) mass is 472 g/mol. The van der Waals surface area contributed by atoms with Crippen LogP contribution in [0.2, 0.25) is 0 Å². The molecule has 0 bridgehead atoms. The molecule has 1 N–H and O–H groups in total. The molecule has 0 heterocycles. The first-order valence-corrected chi connectivity index (χ1v) is 9.80. The number of nitro groups is 1. The minimum atomic E-state index is -4.87. The molecule has 0 aliphatic rings. The molecule has 0 aromatic heterocycles. The van der Waals surface area contributed by atoms with Crippen LogP contribution in [-0.4, -0.2) is 26.3 Å². The van der Waals surface area contributed by atoms with E-state index >= 15 is 0 Å². The molecule has 0 aliphatic heterocycles. The van der Waals surface area contributed by atoms with Crippen molar-refractivity contribution in [1.29, 1.82) is 0 Å². The molecule has 2 rings (SSSR count). The van der Waals surface area contributed by atoms with Gasteiger partial charge in [0.25, 0.3) is 5.69 Å². The van der Waals surface area contributed by atoms with E-state index in [2.05, 4.69) is 5.32 Å². The predicted molar refractivity (Wildman–Crippen MR) is 96.4 cm³/mol. The van der Waals surface area contributed by atoms with Gasteiger partial charge in [0.15, 0.2) is 0 Å². The van der Waals surface area contributed by atoms with E-state index in [1.54, 1.807) is 0 Å². The number of carbonyl (C=O) groups excluding carboxylic acids is 1. The van der Waals surface area contributed by atoms with E-state index in [0.29, 0.717) is 12.1 Å². The summed E-state index contributed by atoms with van der Waals surface area (Å²) in [6.07, 6.45) is -4.87. The predicted octanol–water partition coefficient (Wildman–Crippen LogP) is 4.97. The summed E-state index contributed by atoms with van der Waals surface area (Å²) in [5.41, 5.74) is -7.30. The van der Waals surface area contributed by atoms with Gasteiger partial charge in [-0.3, -0.25) is 19.1 Å². The molecule has 1 amide bonds. The van der Waals surface area contributed by atoms with Crippen molar-refractivity contribution in [2.45, 2.75) is 21.5 Å². The van der Waals surface area contributed by atoms with Gasteiger partial charge >= 0.3 is 11.7 Å². The Hall–Kier alpha value is -2.61. The van der Waals surface area contributed by atoms with Crippen LogP contribution in [0.4, 0.5) is 37.7 Å². The van der Waals surface area contributed by atoms with Crippen LogP contribution >= 0.6 is 11.8 Å². The van der Waals surface area contributed by atoms with E-state index in [4.69, 9.17) is 0 Å². The second kappa shape index (κ2) is 9.04. The number of thioether (sulfide) groups is 1. The van der Waals surface area contributed by atoms with Crippen LogP contribution in [0.1, 0.15) is 5.56 Å². The molecule has 0 spiro atoms. The third-order valence-corrected chi connectivity index (χ3v) is 5.54. The zero-order chi connectivity index (χ0) is 22.7. The zero-order valence-electron chi connectivity index (χ0n) is 14.4. The van der Waals surface area contributed by atoms with Gasteiger partial charge in [0.1, 0.15) is 10.6 Å². The highest BCUT2D eigenvalue weighted by molar-refractivity contribution is 8.00. The average Bonchev–Trinajstić information content (AvgIpc) is 2.60. The topological polar surface area (TPSA) is 89.3 Å². The first-order valence-electron chi connectivity index (χ1n) is 7.66. The number of rotatable bonds is 6. The number of hydrogen-bond donors (Lipinski definition) is 1. The van der Waals surface area contributed by atoms with E-state index in [1.165, 1.54) is 12.1 Å². The lowest BCUT2D eigenvalue weighted by Crippen LogP contribution is -2.20. The first-order chi connectivity index (χ1) is 13.8. The number of para-hydroxylation sites is 1. The lowest BCUT2D eigenvalue weighted by molar-refractivity contribution is -0.388. The highest BCUT2D eigenvalue weighted by Crippen LogP contribution is 2.40. The van der Waals surface area contributed by atoms with Crippen molar-refractivity contribution in [3.63, 3.8) is 0 Å². The molecular weight excluding hydrogens is 462 g/mol. The molecular formula is C16H10F6N2O4S2. The number of nitrogens with zero attached hydrogens (tertiary/aromatic N) is 1. The fraction of sp³-hybridized carbons (Fsp3) is 0.188. The Labute approximate surface area is 171 Å². The Bertz CT molecular complexity index is 994. The van der Waals surface area contributed by atoms with Crippen molar-refractivity contribution in [3.05, 3.63) is 58.1 Å². The number of halogens is 6. The van der Waals surface area contributed by atoms with Crippen LogP contribution in [0.15, 0.2) is 52.3 Å². The van der Waals surface area contributed by atoms with E-state index in [9.17, 15) is 45.5 Å². The number of alkyl halides is 6. The summed E-state index contributed by atoms with van der Waals surface area (Å²) >= 11 is -0.492. The lowest BCUT2D eigenvalue weighted by Gasteiger charge is -2.12. The SMILES string of the molecule is O=C(C[S@@](=O)c1ccc(C(F)(F)F)cc1[N+](=O)[O-])Nc1ccccc1SC(F)(F)F. The summed E-state index contributed by atoms with van der Waals surface area (Å²) in [6, 6.07) is 6.19. The molecule has 1 atom stereocenters. The molecule has 0 radical (unpaired) electrons. The highest BCUT2D eigenvalue weighted by Gasteiger charge is 2.34. The van der Waals surface area contributed by atoms with Crippen molar-refractivity contribution < 1.29 is 40.3 Å². The Morgan fingerprint density at radius 2 is 1.73 bits per heavy atom. The summed E-state index contributed by atoms with van der Waals surface area (Å²) < 4.78 is 88.3. The smallest absolute Gasteiger partial charge is 0.324 e. The summed E-state index contributed by atoms with van der Waals surface area (Å²) in [7, 11) is -2.43. The Morgan fingerprint density at radius 1 is 1.10 bits per heavy atom. The van der Waals surface area contributed by atoms with Gasteiger partial charge in [-0.15, -0.1) is 0 Å². The van der Waals surface area contributed by atoms with Crippen LogP contribution in [0.5, 0.6) is 0 Å². The largest absolute Gasteiger partial charge is 0.446 e. The fourth-order valence-corrected chi connectivity index (χ4v) is 3.87. The molecule has 0 saturated heterocycles. The van der Waals surface area contributed by atoms with Crippen molar-refractivity contribution in [3.8, 4) is 0 Å². The summed E-state index contributed by atoms with van der Waals surface area (Å²) in [5, 5.41) is 13.2. The maximum Gasteiger partial charge on any atom is 0.446 e. The number of anilines is 1. The van der Waals surface area contributed by atoms with Gasteiger partial charge in [-0.2, -0.15) is 26.3 Å². The van der Waals surface area contributed by atoms with Gasteiger partial charge in [0.2, 0.25) is 5.91 Å². The van der Waals surface area contributed by atoms with Crippen LogP contribution in [0.25, 0.3) is 0 Å². The number of nitrogens with one attached hydrogen (secondary N) is 1. The molecule has 162 valence electrons. The summed E-state index contributed by atoms with van der Waals surface area (Å²) in [4.78, 5) is 21.0. The average molecular weight is 472 g/mol. The molecule has 0 unspecified atom stereocenters. The van der Waals surface area contributed by atoms with Gasteiger partial charge in [-0.1, -0.05) is 12.1 Å². The van der Waals surface area contributed by atoms with Gasteiger partial charge < -0.3 is 5.32 Å². The highest BCUT2D eigenvalue weighted by atomic mass is 32.2. The maximum atomic E-state index is 12.7. The molecule has 30 heavy (non-hydrogen) atoms. The molecule has 2 aromatic carbocycles. The van der Waals surface area contributed by atoms with Crippen molar-refractivity contribution >= 4 is 39.8 Å². The van der Waals surface area contributed by atoms with E-state index in [1.807, 2.05) is 0 Å². The van der Waals surface area contributed by atoms with Gasteiger partial charge in [-0.25, -0.2) is 0 Å². The van der Waals surface area contributed by atoms with Gasteiger partial charge in [0.05, 0.1) is 27.0 Å². The summed E-state index contributed by atoms with van der Waals surface area (Å²) in [5.74, 6) is -1.96. The van der Waals surface area contributed by atoms with Crippen molar-refractivity contribution in [2.24, 2.45) is 0 Å². The molecule has 0 fully saturated rings. The third kappa shape index (κ3) is 6.45. The second-order valence-corrected chi connectivity index (χ2v) is 8.05. The second-order valence-electron chi connectivity index (χ2n) is 5.52. The van der Waals surface area contributed by atoms with Crippen LogP contribution in [0.3, 0.4) is 0 Å². The van der Waals surface area contributed by atoms with Gasteiger partial charge in [-0.05, 0) is 36.0 Å². The van der Waals surface area contributed by atoms with Crippen molar-refractivity contribution in [2.75, 3.05) is 11.1 Å². The summed E-state index contributed by atoms with van der Waals surface area (Å²) in [6.45, 7) is 0. The third-order valence-electron chi connectivity index (χ3n) is 3.38. The minimum absolute atomic E-state index is 0.195. The van der Waals surface area contributed by atoms with Crippen LogP contribution in [-0.2, 0) is 21.8 Å². The maximum absolute atomic E-state index is 12.7. The Morgan fingerprint density at radius 3 is 2.30 bits per heavy atom. The van der Waals surface area contributed by atoms with E-state index < -0.39 is 67.0 Å².